The monoisotopic (exact) mass is 323 g/mol. The summed E-state index contributed by atoms with van der Waals surface area (Å²) < 4.78 is 4.90. The van der Waals surface area contributed by atoms with Crippen LogP contribution in [0.25, 0.3) is 0 Å². The Labute approximate surface area is 138 Å². The second-order valence-corrected chi connectivity index (χ2v) is 7.35. The number of carbonyl (C=O) groups excluding carboxylic acids is 2. The van der Waals surface area contributed by atoms with Gasteiger partial charge in [0, 0.05) is 19.0 Å². The summed E-state index contributed by atoms with van der Waals surface area (Å²) in [6.07, 6.45) is 1.43. The van der Waals surface area contributed by atoms with Gasteiger partial charge in [0.25, 0.3) is 0 Å². The molecule has 0 saturated heterocycles. The molecule has 0 radical (unpaired) electrons. The van der Waals surface area contributed by atoms with E-state index in [-0.39, 0.29) is 29.7 Å². The summed E-state index contributed by atoms with van der Waals surface area (Å²) in [5.74, 6) is 1.03. The quantitative estimate of drug-likeness (QED) is 0.836. The molecule has 23 heavy (non-hydrogen) atoms. The lowest BCUT2D eigenvalue weighted by Crippen LogP contribution is -2.38. The van der Waals surface area contributed by atoms with Crippen molar-refractivity contribution in [3.05, 3.63) is 11.8 Å². The fourth-order valence-electron chi connectivity index (χ4n) is 2.70. The summed E-state index contributed by atoms with van der Waals surface area (Å²) in [5, 5.41) is 6.35. The third kappa shape index (κ3) is 7.30. The molecule has 6 nitrogen and oxygen atoms in total. The van der Waals surface area contributed by atoms with E-state index in [1.54, 1.807) is 17.9 Å². The summed E-state index contributed by atoms with van der Waals surface area (Å²) >= 11 is 0. The Morgan fingerprint density at radius 2 is 2.04 bits per heavy atom. The van der Waals surface area contributed by atoms with Gasteiger partial charge in [-0.15, -0.1) is 0 Å². The first-order chi connectivity index (χ1) is 10.6. The predicted octanol–water partition coefficient (Wildman–Crippen LogP) is 3.23. The Balaban J connectivity index is 2.51. The Bertz CT molecular complexity index is 531. The van der Waals surface area contributed by atoms with Crippen LogP contribution in [0.3, 0.4) is 0 Å². The average molecular weight is 323 g/mol. The molecule has 1 heterocycles. The van der Waals surface area contributed by atoms with E-state index in [9.17, 15) is 9.59 Å². The zero-order valence-corrected chi connectivity index (χ0v) is 15.1. The van der Waals surface area contributed by atoms with Crippen LogP contribution in [0.2, 0.25) is 0 Å². The highest BCUT2D eigenvalue weighted by molar-refractivity contribution is 5.93. The number of nitrogens with zero attached hydrogens (tertiary/aromatic N) is 2. The third-order valence-electron chi connectivity index (χ3n) is 3.45. The highest BCUT2D eigenvalue weighted by Crippen LogP contribution is 2.26. The smallest absolute Gasteiger partial charge is 0.245 e. The van der Waals surface area contributed by atoms with Gasteiger partial charge in [0.15, 0.2) is 5.82 Å². The molecule has 1 unspecified atom stereocenters. The number of aromatic nitrogens is 1. The Morgan fingerprint density at radius 3 is 2.52 bits per heavy atom. The van der Waals surface area contributed by atoms with Crippen LogP contribution in [0.4, 0.5) is 5.82 Å². The predicted molar refractivity (Wildman–Crippen MR) is 90.0 cm³/mol. The third-order valence-corrected chi connectivity index (χ3v) is 3.45. The zero-order chi connectivity index (χ0) is 17.6. The van der Waals surface area contributed by atoms with Gasteiger partial charge < -0.3 is 14.7 Å². The van der Waals surface area contributed by atoms with Crippen molar-refractivity contribution in [2.75, 3.05) is 18.4 Å². The fraction of sp³-hybridized carbons (Fsp3) is 0.706. The van der Waals surface area contributed by atoms with Crippen molar-refractivity contribution < 1.29 is 14.1 Å². The van der Waals surface area contributed by atoms with Crippen LogP contribution >= 0.6 is 0 Å². The van der Waals surface area contributed by atoms with E-state index in [0.717, 1.165) is 6.42 Å². The molecule has 0 aliphatic heterocycles. The van der Waals surface area contributed by atoms with Gasteiger partial charge in [-0.1, -0.05) is 32.9 Å². The summed E-state index contributed by atoms with van der Waals surface area (Å²) in [6.45, 7) is 12.7. The van der Waals surface area contributed by atoms with Crippen LogP contribution < -0.4 is 5.32 Å². The molecule has 0 aliphatic carbocycles. The molecule has 0 spiro atoms. The van der Waals surface area contributed by atoms with Crippen molar-refractivity contribution in [3.8, 4) is 0 Å². The van der Waals surface area contributed by atoms with E-state index in [0.29, 0.717) is 24.5 Å². The maximum absolute atomic E-state index is 12.4. The number of rotatable bonds is 7. The molecule has 0 fully saturated rings. The topological polar surface area (TPSA) is 75.4 Å². The standard InChI is InChI=1S/C17H29N3O3/c1-7-20(16(22)8-12(2)10-17(4,5)6)11-15(21)18-14-9-13(3)23-19-14/h9,12H,7-8,10-11H2,1-6H3,(H,18,19,21). The number of hydrogen-bond acceptors (Lipinski definition) is 4. The average Bonchev–Trinajstić information content (AvgIpc) is 2.78. The lowest BCUT2D eigenvalue weighted by molar-refractivity contribution is -0.135. The van der Waals surface area contributed by atoms with Gasteiger partial charge in [-0.05, 0) is 31.6 Å². The minimum absolute atomic E-state index is 0.00994. The second-order valence-electron chi connectivity index (χ2n) is 7.35. The normalized spacial score (nSPS) is 12.8. The number of likely N-dealkylation sites (N-methyl/N-ethyl adjacent to an activating group) is 1. The molecule has 1 aromatic heterocycles. The molecule has 1 N–H and O–H groups in total. The molecule has 130 valence electrons. The molecule has 0 saturated carbocycles. The lowest BCUT2D eigenvalue weighted by Gasteiger charge is -2.26. The van der Waals surface area contributed by atoms with E-state index in [1.807, 2.05) is 6.92 Å². The number of nitrogens with one attached hydrogen (secondary N) is 1. The van der Waals surface area contributed by atoms with E-state index < -0.39 is 0 Å². The first kappa shape index (κ1) is 19.2. The first-order valence-corrected chi connectivity index (χ1v) is 8.11. The summed E-state index contributed by atoms with van der Waals surface area (Å²) in [4.78, 5) is 26.0. The van der Waals surface area contributed by atoms with Crippen LogP contribution in [0.15, 0.2) is 10.6 Å². The number of hydrogen-bond donors (Lipinski definition) is 1. The van der Waals surface area contributed by atoms with Crippen LogP contribution in [0.5, 0.6) is 0 Å². The largest absolute Gasteiger partial charge is 0.360 e. The van der Waals surface area contributed by atoms with Gasteiger partial charge in [-0.25, -0.2) is 0 Å². The SMILES string of the molecule is CCN(CC(=O)Nc1cc(C)on1)C(=O)CC(C)CC(C)(C)C. The molecule has 1 aromatic rings. The molecule has 0 aliphatic rings. The summed E-state index contributed by atoms with van der Waals surface area (Å²) in [6, 6.07) is 1.64. The van der Waals surface area contributed by atoms with E-state index in [4.69, 9.17) is 4.52 Å². The summed E-state index contributed by atoms with van der Waals surface area (Å²) in [5.41, 5.74) is 0.193. The number of aryl methyl sites for hydroxylation is 1. The number of anilines is 1. The Hall–Kier alpha value is -1.85. The maximum atomic E-state index is 12.4. The van der Waals surface area contributed by atoms with Crippen molar-refractivity contribution in [2.45, 2.75) is 54.4 Å². The van der Waals surface area contributed by atoms with Crippen molar-refractivity contribution in [3.63, 3.8) is 0 Å². The fourth-order valence-corrected chi connectivity index (χ4v) is 2.70. The van der Waals surface area contributed by atoms with Crippen molar-refractivity contribution in [2.24, 2.45) is 11.3 Å². The molecular formula is C17H29N3O3. The molecule has 0 bridgehead atoms. The lowest BCUT2D eigenvalue weighted by atomic mass is 9.84. The van der Waals surface area contributed by atoms with E-state index in [1.165, 1.54) is 0 Å². The minimum atomic E-state index is -0.267. The van der Waals surface area contributed by atoms with Gasteiger partial charge in [0.1, 0.15) is 5.76 Å². The van der Waals surface area contributed by atoms with Crippen LogP contribution in [-0.2, 0) is 9.59 Å². The molecule has 1 atom stereocenters. The number of amides is 2. The minimum Gasteiger partial charge on any atom is -0.360 e. The van der Waals surface area contributed by atoms with Crippen molar-refractivity contribution in [1.82, 2.24) is 10.1 Å². The highest BCUT2D eigenvalue weighted by atomic mass is 16.5. The van der Waals surface area contributed by atoms with Crippen LogP contribution in [0.1, 0.15) is 53.2 Å². The second kappa shape index (κ2) is 8.13. The summed E-state index contributed by atoms with van der Waals surface area (Å²) in [7, 11) is 0. The van der Waals surface area contributed by atoms with Gasteiger partial charge in [-0.3, -0.25) is 9.59 Å². The van der Waals surface area contributed by atoms with E-state index in [2.05, 4.69) is 38.2 Å². The van der Waals surface area contributed by atoms with Gasteiger partial charge >= 0.3 is 0 Å². The Morgan fingerprint density at radius 1 is 1.39 bits per heavy atom. The molecule has 0 aromatic carbocycles. The highest BCUT2D eigenvalue weighted by Gasteiger charge is 2.22. The van der Waals surface area contributed by atoms with Crippen LogP contribution in [-0.4, -0.2) is 35.0 Å². The van der Waals surface area contributed by atoms with Crippen molar-refractivity contribution in [1.29, 1.82) is 0 Å². The van der Waals surface area contributed by atoms with Gasteiger partial charge in [-0.2, -0.15) is 0 Å². The van der Waals surface area contributed by atoms with E-state index >= 15 is 0 Å². The number of carbonyl (C=O) groups is 2. The van der Waals surface area contributed by atoms with Crippen LogP contribution in [0, 0.1) is 18.3 Å². The van der Waals surface area contributed by atoms with Crippen molar-refractivity contribution >= 4 is 17.6 Å². The van der Waals surface area contributed by atoms with Gasteiger partial charge in [0.2, 0.25) is 11.8 Å². The molecule has 6 heteroatoms. The molecular weight excluding hydrogens is 294 g/mol. The van der Waals surface area contributed by atoms with Gasteiger partial charge in [0.05, 0.1) is 6.54 Å². The maximum Gasteiger partial charge on any atom is 0.245 e. The molecule has 1 rings (SSSR count). The zero-order valence-electron chi connectivity index (χ0n) is 15.1. The molecule has 2 amide bonds. The Kier molecular flexibility index (Phi) is 6.79. The first-order valence-electron chi connectivity index (χ1n) is 8.11.